The molecule has 1 saturated carbocycles. The molecular weight excluding hydrogens is 244 g/mol. The number of esters is 1. The summed E-state index contributed by atoms with van der Waals surface area (Å²) in [4.78, 5) is 23.3. The van der Waals surface area contributed by atoms with E-state index in [0.29, 0.717) is 25.2 Å². The van der Waals surface area contributed by atoms with Crippen molar-refractivity contribution in [2.75, 3.05) is 6.61 Å². The van der Waals surface area contributed by atoms with Crippen molar-refractivity contribution in [1.82, 2.24) is 0 Å². The van der Waals surface area contributed by atoms with Crippen molar-refractivity contribution in [2.24, 2.45) is 5.41 Å². The molecule has 0 aromatic rings. The summed E-state index contributed by atoms with van der Waals surface area (Å²) in [6, 6.07) is 0. The number of carbonyl (C=O) groups excluding carboxylic acids is 2. The van der Waals surface area contributed by atoms with Gasteiger partial charge in [-0.25, -0.2) is 4.79 Å². The maximum Gasteiger partial charge on any atom is 0.334 e. The molecule has 1 aliphatic carbocycles. The van der Waals surface area contributed by atoms with E-state index in [4.69, 9.17) is 9.47 Å². The van der Waals surface area contributed by atoms with Gasteiger partial charge in [0.15, 0.2) is 0 Å². The summed E-state index contributed by atoms with van der Waals surface area (Å²) < 4.78 is 10.7. The minimum absolute atomic E-state index is 0.196. The molecule has 0 saturated heterocycles. The highest BCUT2D eigenvalue weighted by Gasteiger charge is 2.50. The second-order valence-corrected chi connectivity index (χ2v) is 5.97. The first-order valence-corrected chi connectivity index (χ1v) is 6.59. The Hall–Kier alpha value is -1.58. The first-order valence-electron chi connectivity index (χ1n) is 6.59. The first kappa shape index (κ1) is 13.8. The Bertz CT molecular complexity index is 484. The van der Waals surface area contributed by atoms with E-state index in [1.807, 2.05) is 26.8 Å². The van der Waals surface area contributed by atoms with E-state index in [-0.39, 0.29) is 11.2 Å². The summed E-state index contributed by atoms with van der Waals surface area (Å²) in [6.45, 7) is 8.06. The van der Waals surface area contributed by atoms with Gasteiger partial charge in [0, 0.05) is 12.8 Å². The van der Waals surface area contributed by atoms with E-state index in [1.54, 1.807) is 6.92 Å². The van der Waals surface area contributed by atoms with Crippen molar-refractivity contribution in [2.45, 2.75) is 46.1 Å². The van der Waals surface area contributed by atoms with Crippen LogP contribution in [0, 0.1) is 5.41 Å². The monoisotopic (exact) mass is 264 g/mol. The minimum Gasteiger partial charge on any atom is -0.482 e. The van der Waals surface area contributed by atoms with Gasteiger partial charge >= 0.3 is 5.97 Å². The number of hydrogen-bond acceptors (Lipinski definition) is 4. The van der Waals surface area contributed by atoms with E-state index in [1.165, 1.54) is 6.08 Å². The van der Waals surface area contributed by atoms with Gasteiger partial charge in [0.05, 0.1) is 12.7 Å². The van der Waals surface area contributed by atoms with Gasteiger partial charge in [-0.15, -0.1) is 0 Å². The third-order valence-electron chi connectivity index (χ3n) is 3.65. The lowest BCUT2D eigenvalue weighted by atomic mass is 9.66. The van der Waals surface area contributed by atoms with E-state index in [2.05, 4.69) is 0 Å². The maximum absolute atomic E-state index is 11.8. The number of ketones is 1. The molecule has 104 valence electrons. The lowest BCUT2D eigenvalue weighted by Gasteiger charge is -2.40. The topological polar surface area (TPSA) is 52.6 Å². The molecule has 1 fully saturated rings. The molecule has 0 bridgehead atoms. The molecule has 1 aliphatic heterocycles. The number of fused-ring (bicyclic) bond motifs is 1. The first-order chi connectivity index (χ1) is 8.77. The van der Waals surface area contributed by atoms with Gasteiger partial charge in [-0.05, 0) is 30.9 Å². The molecule has 19 heavy (non-hydrogen) atoms. The number of carbonyl (C=O) groups is 2. The van der Waals surface area contributed by atoms with Crippen LogP contribution in [0.4, 0.5) is 0 Å². The molecule has 0 radical (unpaired) electrons. The highest BCUT2D eigenvalue weighted by atomic mass is 16.5. The second kappa shape index (κ2) is 4.51. The Morgan fingerprint density at radius 2 is 2.11 bits per heavy atom. The van der Waals surface area contributed by atoms with Crippen molar-refractivity contribution in [3.05, 3.63) is 23.5 Å². The molecule has 0 aromatic carbocycles. The SMILES string of the molecule is CCOC(=O)/C=C1\C=C2C(C)(C)CC(=O)CC2(C)O1. The number of hydrogen-bond donors (Lipinski definition) is 0. The van der Waals surface area contributed by atoms with Gasteiger partial charge in [-0.3, -0.25) is 4.79 Å². The maximum atomic E-state index is 11.8. The Labute approximate surface area is 113 Å². The summed E-state index contributed by atoms with van der Waals surface area (Å²) in [7, 11) is 0. The van der Waals surface area contributed by atoms with Crippen LogP contribution in [0.3, 0.4) is 0 Å². The Morgan fingerprint density at radius 3 is 2.74 bits per heavy atom. The molecule has 1 atom stereocenters. The minimum atomic E-state index is -0.614. The molecule has 4 nitrogen and oxygen atoms in total. The number of Topliss-reactive ketones (excluding diaryl/α,β-unsaturated/α-hetero) is 1. The van der Waals surface area contributed by atoms with Crippen LogP contribution in [0.25, 0.3) is 0 Å². The zero-order valence-corrected chi connectivity index (χ0v) is 11.9. The van der Waals surface area contributed by atoms with Gasteiger partial charge in [-0.1, -0.05) is 13.8 Å². The van der Waals surface area contributed by atoms with Gasteiger partial charge in [0.25, 0.3) is 0 Å². The summed E-state index contributed by atoms with van der Waals surface area (Å²) in [6.07, 6.45) is 4.11. The van der Waals surface area contributed by atoms with E-state index in [9.17, 15) is 9.59 Å². The fourth-order valence-corrected chi connectivity index (χ4v) is 3.08. The normalized spacial score (nSPS) is 30.6. The van der Waals surface area contributed by atoms with Crippen molar-refractivity contribution >= 4 is 11.8 Å². The highest BCUT2D eigenvalue weighted by molar-refractivity contribution is 5.85. The fraction of sp³-hybridized carbons (Fsp3) is 0.600. The predicted molar refractivity (Wildman–Crippen MR) is 70.3 cm³/mol. The standard InChI is InChI=1S/C15H20O4/c1-5-18-13(17)7-11-6-12-14(2,3)8-10(16)9-15(12,4)19-11/h6-7H,5,8-9H2,1-4H3/b11-7+. The average Bonchev–Trinajstić information content (AvgIpc) is 2.54. The van der Waals surface area contributed by atoms with E-state index >= 15 is 0 Å². The quantitative estimate of drug-likeness (QED) is 0.568. The lowest BCUT2D eigenvalue weighted by molar-refractivity contribution is -0.137. The third kappa shape index (κ3) is 2.57. The molecule has 0 spiro atoms. The molecular formula is C15H20O4. The fourth-order valence-electron chi connectivity index (χ4n) is 3.08. The average molecular weight is 264 g/mol. The number of ether oxygens (including phenoxy) is 2. The van der Waals surface area contributed by atoms with E-state index in [0.717, 1.165) is 5.57 Å². The van der Waals surface area contributed by atoms with Gasteiger partial charge in [-0.2, -0.15) is 0 Å². The predicted octanol–water partition coefficient (Wildman–Crippen LogP) is 2.54. The third-order valence-corrected chi connectivity index (χ3v) is 3.65. The zero-order chi connectivity index (χ0) is 14.3. The summed E-state index contributed by atoms with van der Waals surface area (Å²) in [5.74, 6) is 0.265. The molecule has 1 heterocycles. The van der Waals surface area contributed by atoms with Crippen LogP contribution in [0.15, 0.2) is 23.5 Å². The van der Waals surface area contributed by atoms with Crippen LogP contribution in [0.1, 0.15) is 40.5 Å². The van der Waals surface area contributed by atoms with Crippen molar-refractivity contribution in [1.29, 1.82) is 0 Å². The Balaban J connectivity index is 2.31. The van der Waals surface area contributed by atoms with Crippen LogP contribution in [-0.2, 0) is 19.1 Å². The molecule has 4 heteroatoms. The summed E-state index contributed by atoms with van der Waals surface area (Å²) in [5.41, 5.74) is 0.237. The van der Waals surface area contributed by atoms with Gasteiger partial charge in [0.1, 0.15) is 17.1 Å². The van der Waals surface area contributed by atoms with Crippen LogP contribution in [0.5, 0.6) is 0 Å². The molecule has 0 aromatic heterocycles. The van der Waals surface area contributed by atoms with Gasteiger partial charge < -0.3 is 9.47 Å². The molecule has 2 rings (SSSR count). The number of allylic oxidation sites excluding steroid dienone is 1. The highest BCUT2D eigenvalue weighted by Crippen LogP contribution is 2.50. The Kier molecular flexibility index (Phi) is 3.29. The molecule has 1 unspecified atom stereocenters. The molecule has 2 aliphatic rings. The summed E-state index contributed by atoms with van der Waals surface area (Å²) in [5, 5.41) is 0. The van der Waals surface area contributed by atoms with Crippen molar-refractivity contribution in [3.8, 4) is 0 Å². The van der Waals surface area contributed by atoms with Crippen LogP contribution in [0.2, 0.25) is 0 Å². The van der Waals surface area contributed by atoms with E-state index < -0.39 is 11.6 Å². The van der Waals surface area contributed by atoms with Gasteiger partial charge in [0.2, 0.25) is 0 Å². The van der Waals surface area contributed by atoms with Crippen molar-refractivity contribution < 1.29 is 19.1 Å². The van der Waals surface area contributed by atoms with Crippen molar-refractivity contribution in [3.63, 3.8) is 0 Å². The molecule has 0 N–H and O–H groups in total. The number of rotatable bonds is 2. The summed E-state index contributed by atoms with van der Waals surface area (Å²) >= 11 is 0. The zero-order valence-electron chi connectivity index (χ0n) is 11.9. The van der Waals surface area contributed by atoms with Crippen LogP contribution < -0.4 is 0 Å². The van der Waals surface area contributed by atoms with Crippen LogP contribution in [-0.4, -0.2) is 24.0 Å². The molecule has 0 amide bonds. The lowest BCUT2D eigenvalue weighted by Crippen LogP contribution is -2.42. The Morgan fingerprint density at radius 1 is 1.42 bits per heavy atom. The largest absolute Gasteiger partial charge is 0.482 e. The second-order valence-electron chi connectivity index (χ2n) is 5.97. The smallest absolute Gasteiger partial charge is 0.334 e. The van der Waals surface area contributed by atoms with Crippen LogP contribution >= 0.6 is 0 Å².